The minimum atomic E-state index is -0.554. The second-order valence-electron chi connectivity index (χ2n) is 6.52. The van der Waals surface area contributed by atoms with Crippen LogP contribution in [0, 0.1) is 24.1 Å². The maximum Gasteiger partial charge on any atom is 0.230 e. The SMILES string of the molecule is CCN(Cc1nnc(C)o1)[C@H]1CN(Cc2cc(C#N)ccc2F)C[C@H]1O. The molecular weight excluding hydrogens is 337 g/mol. The largest absolute Gasteiger partial charge is 0.424 e. The number of benzene rings is 1. The molecule has 1 N–H and O–H groups in total. The van der Waals surface area contributed by atoms with Gasteiger partial charge in [-0.1, -0.05) is 6.92 Å². The van der Waals surface area contributed by atoms with Gasteiger partial charge in [-0.15, -0.1) is 10.2 Å². The summed E-state index contributed by atoms with van der Waals surface area (Å²) in [7, 11) is 0. The smallest absolute Gasteiger partial charge is 0.230 e. The molecule has 0 radical (unpaired) electrons. The van der Waals surface area contributed by atoms with Crippen molar-refractivity contribution in [2.24, 2.45) is 0 Å². The zero-order valence-electron chi connectivity index (χ0n) is 14.9. The molecule has 2 atom stereocenters. The van der Waals surface area contributed by atoms with E-state index in [1.54, 1.807) is 13.0 Å². The third-order valence-corrected chi connectivity index (χ3v) is 4.68. The lowest BCUT2D eigenvalue weighted by atomic mass is 10.1. The molecule has 7 nitrogen and oxygen atoms in total. The summed E-state index contributed by atoms with van der Waals surface area (Å²) in [5.74, 6) is 0.691. The summed E-state index contributed by atoms with van der Waals surface area (Å²) in [4.78, 5) is 4.08. The van der Waals surface area contributed by atoms with Gasteiger partial charge in [0.05, 0.1) is 30.3 Å². The first-order chi connectivity index (χ1) is 12.5. The van der Waals surface area contributed by atoms with E-state index >= 15 is 0 Å². The number of aryl methyl sites for hydroxylation is 1. The molecule has 138 valence electrons. The molecule has 0 aliphatic carbocycles. The number of likely N-dealkylation sites (tertiary alicyclic amines) is 1. The van der Waals surface area contributed by atoms with Gasteiger partial charge in [-0.3, -0.25) is 9.80 Å². The molecule has 1 aromatic carbocycles. The minimum Gasteiger partial charge on any atom is -0.424 e. The molecule has 0 saturated carbocycles. The molecular formula is C18H22FN5O2. The van der Waals surface area contributed by atoms with Crippen molar-refractivity contribution in [1.82, 2.24) is 20.0 Å². The van der Waals surface area contributed by atoms with Crippen molar-refractivity contribution in [3.05, 3.63) is 46.9 Å². The Morgan fingerprint density at radius 3 is 2.88 bits per heavy atom. The third-order valence-electron chi connectivity index (χ3n) is 4.68. The van der Waals surface area contributed by atoms with Gasteiger partial charge in [-0.2, -0.15) is 5.26 Å². The molecule has 1 aliphatic rings. The lowest BCUT2D eigenvalue weighted by Gasteiger charge is -2.28. The zero-order valence-corrected chi connectivity index (χ0v) is 14.9. The highest BCUT2D eigenvalue weighted by Gasteiger charge is 2.35. The zero-order chi connectivity index (χ0) is 18.7. The predicted molar refractivity (Wildman–Crippen MR) is 91.3 cm³/mol. The molecule has 0 spiro atoms. The summed E-state index contributed by atoms with van der Waals surface area (Å²) in [5.41, 5.74) is 0.895. The number of aromatic nitrogens is 2. The third kappa shape index (κ3) is 4.07. The molecule has 1 saturated heterocycles. The lowest BCUT2D eigenvalue weighted by Crippen LogP contribution is -2.42. The Labute approximate surface area is 151 Å². The fourth-order valence-corrected chi connectivity index (χ4v) is 3.38. The average Bonchev–Trinajstić information content (AvgIpc) is 3.20. The van der Waals surface area contributed by atoms with Crippen LogP contribution in [-0.2, 0) is 13.1 Å². The fourth-order valence-electron chi connectivity index (χ4n) is 3.38. The molecule has 1 aromatic heterocycles. The second-order valence-corrected chi connectivity index (χ2v) is 6.52. The first kappa shape index (κ1) is 18.5. The molecule has 8 heteroatoms. The summed E-state index contributed by atoms with van der Waals surface area (Å²) < 4.78 is 19.5. The summed E-state index contributed by atoms with van der Waals surface area (Å²) >= 11 is 0. The maximum atomic E-state index is 14.0. The van der Waals surface area contributed by atoms with Gasteiger partial charge in [0.2, 0.25) is 11.8 Å². The Hall–Kier alpha value is -2.34. The summed E-state index contributed by atoms with van der Waals surface area (Å²) in [6.45, 7) is 6.32. The van der Waals surface area contributed by atoms with E-state index in [1.807, 2.05) is 17.9 Å². The highest BCUT2D eigenvalue weighted by molar-refractivity contribution is 5.33. The topological polar surface area (TPSA) is 89.4 Å². The Bertz CT molecular complexity index is 803. The van der Waals surface area contributed by atoms with Crippen LogP contribution >= 0.6 is 0 Å². The van der Waals surface area contributed by atoms with E-state index in [4.69, 9.17) is 9.68 Å². The van der Waals surface area contributed by atoms with Crippen molar-refractivity contribution in [3.63, 3.8) is 0 Å². The Morgan fingerprint density at radius 1 is 1.42 bits per heavy atom. The van der Waals surface area contributed by atoms with Gasteiger partial charge in [0.15, 0.2) is 0 Å². The van der Waals surface area contributed by atoms with Crippen LogP contribution in [0.25, 0.3) is 0 Å². The molecule has 2 aromatic rings. The van der Waals surface area contributed by atoms with E-state index in [-0.39, 0.29) is 11.9 Å². The van der Waals surface area contributed by atoms with E-state index in [0.29, 0.717) is 49.1 Å². The van der Waals surface area contributed by atoms with E-state index in [9.17, 15) is 9.50 Å². The molecule has 0 bridgehead atoms. The van der Waals surface area contributed by atoms with Crippen molar-refractivity contribution in [3.8, 4) is 6.07 Å². The quantitative estimate of drug-likeness (QED) is 0.835. The number of hydrogen-bond acceptors (Lipinski definition) is 7. The molecule has 3 rings (SSSR count). The van der Waals surface area contributed by atoms with Crippen LogP contribution < -0.4 is 0 Å². The van der Waals surface area contributed by atoms with Gasteiger partial charge >= 0.3 is 0 Å². The Kier molecular flexibility index (Phi) is 5.61. The van der Waals surface area contributed by atoms with Crippen LogP contribution in [0.5, 0.6) is 0 Å². The molecule has 0 unspecified atom stereocenters. The summed E-state index contributed by atoms with van der Waals surface area (Å²) in [5, 5.41) is 27.3. The minimum absolute atomic E-state index is 0.102. The Morgan fingerprint density at radius 2 is 2.23 bits per heavy atom. The van der Waals surface area contributed by atoms with Crippen LogP contribution in [0.4, 0.5) is 4.39 Å². The van der Waals surface area contributed by atoms with Crippen LogP contribution in [0.1, 0.15) is 29.8 Å². The van der Waals surface area contributed by atoms with Crippen LogP contribution in [0.15, 0.2) is 22.6 Å². The van der Waals surface area contributed by atoms with Crippen LogP contribution in [0.3, 0.4) is 0 Å². The fraction of sp³-hybridized carbons (Fsp3) is 0.500. The number of nitrogens with zero attached hydrogens (tertiary/aromatic N) is 5. The summed E-state index contributed by atoms with van der Waals surface area (Å²) in [6.07, 6.45) is -0.554. The number of aliphatic hydroxyl groups is 1. The molecule has 0 amide bonds. The molecule has 2 heterocycles. The standard InChI is InChI=1S/C18H22FN5O2/c1-3-24(11-18-22-21-12(2)26-18)16-9-23(10-17(16)25)8-14-6-13(7-20)4-5-15(14)19/h4-6,16-17,25H,3,8-11H2,1-2H3/t16-,17+/m0/s1. The number of likely N-dealkylation sites (N-methyl/N-ethyl adjacent to an activating group) is 1. The van der Waals surface area contributed by atoms with E-state index in [0.717, 1.165) is 6.54 Å². The van der Waals surface area contributed by atoms with Crippen molar-refractivity contribution in [2.75, 3.05) is 19.6 Å². The normalized spacial score (nSPS) is 20.6. The highest BCUT2D eigenvalue weighted by Crippen LogP contribution is 2.22. The predicted octanol–water partition coefficient (Wildman–Crippen LogP) is 1.46. The number of aliphatic hydroxyl groups excluding tert-OH is 1. The average molecular weight is 359 g/mol. The van der Waals surface area contributed by atoms with Gasteiger partial charge in [-0.25, -0.2) is 4.39 Å². The van der Waals surface area contributed by atoms with Crippen LogP contribution in [0.2, 0.25) is 0 Å². The monoisotopic (exact) mass is 359 g/mol. The maximum absolute atomic E-state index is 14.0. The molecule has 1 fully saturated rings. The van der Waals surface area contributed by atoms with Crippen LogP contribution in [-0.4, -0.2) is 56.9 Å². The Balaban J connectivity index is 1.67. The van der Waals surface area contributed by atoms with Crippen molar-refractivity contribution in [1.29, 1.82) is 5.26 Å². The summed E-state index contributed by atoms with van der Waals surface area (Å²) in [6, 6.07) is 6.27. The number of halogens is 1. The lowest BCUT2D eigenvalue weighted by molar-refractivity contribution is 0.0760. The van der Waals surface area contributed by atoms with E-state index in [1.165, 1.54) is 12.1 Å². The van der Waals surface area contributed by atoms with E-state index < -0.39 is 6.10 Å². The highest BCUT2D eigenvalue weighted by atomic mass is 19.1. The first-order valence-corrected chi connectivity index (χ1v) is 8.62. The van der Waals surface area contributed by atoms with E-state index in [2.05, 4.69) is 15.1 Å². The number of rotatable bonds is 6. The van der Waals surface area contributed by atoms with Gasteiger partial charge in [0.1, 0.15) is 5.82 Å². The van der Waals surface area contributed by atoms with Crippen molar-refractivity contribution >= 4 is 0 Å². The van der Waals surface area contributed by atoms with Gasteiger partial charge in [0.25, 0.3) is 0 Å². The number of nitriles is 1. The van der Waals surface area contributed by atoms with Gasteiger partial charge < -0.3 is 9.52 Å². The van der Waals surface area contributed by atoms with Crippen molar-refractivity contribution < 1.29 is 13.9 Å². The van der Waals surface area contributed by atoms with Gasteiger partial charge in [0, 0.05) is 32.1 Å². The number of hydrogen-bond donors (Lipinski definition) is 1. The number of β-amino-alcohol motifs (C(OH)–C–C–N with tert-alkyl or cyclic N) is 1. The second kappa shape index (κ2) is 7.91. The molecule has 26 heavy (non-hydrogen) atoms. The first-order valence-electron chi connectivity index (χ1n) is 8.62. The van der Waals surface area contributed by atoms with Crippen molar-refractivity contribution in [2.45, 2.75) is 39.1 Å². The molecule has 1 aliphatic heterocycles. The van der Waals surface area contributed by atoms with Gasteiger partial charge in [-0.05, 0) is 24.7 Å².